The van der Waals surface area contributed by atoms with Gasteiger partial charge in [0.2, 0.25) is 0 Å². The molecule has 0 aliphatic rings. The maximum Gasteiger partial charge on any atom is 0.308 e. The van der Waals surface area contributed by atoms with Crippen LogP contribution in [0.25, 0.3) is 0 Å². The van der Waals surface area contributed by atoms with Gasteiger partial charge in [0.25, 0.3) is 0 Å². The van der Waals surface area contributed by atoms with E-state index in [2.05, 4.69) is 34.3 Å². The third kappa shape index (κ3) is 15.8. The molecule has 0 aromatic heterocycles. The van der Waals surface area contributed by atoms with Crippen LogP contribution in [0.15, 0.2) is 60.7 Å². The standard InChI is InChI=1S/C42H66O9Si/c1-11-52(12-2,13-3)51-39(21-15-31(6)41(32(7)42(44)45)49-29-35-18-24-37(47-10)25-19-35)27-40(50-33(8)43)26-38(20-14-30(4)5)48-28-34-16-22-36(46-9)23-17-34/h16-19,22-25,31-32,38-41H,4,11-15,20-21,26-29H2,1-3,5-10H3,(H,44,45)/t31-,32+,38+,39+,40+,41+/m1/s1. The van der Waals surface area contributed by atoms with Crippen LogP contribution in [0.2, 0.25) is 18.1 Å². The third-order valence-corrected chi connectivity index (χ3v) is 15.0. The first kappa shape index (κ1) is 45.0. The number of aliphatic carboxylic acids is 1. The summed E-state index contributed by atoms with van der Waals surface area (Å²) in [6.45, 7) is 18.7. The van der Waals surface area contributed by atoms with Gasteiger partial charge >= 0.3 is 11.9 Å². The molecule has 2 aromatic carbocycles. The van der Waals surface area contributed by atoms with Gasteiger partial charge in [0, 0.05) is 25.9 Å². The van der Waals surface area contributed by atoms with Crippen molar-refractivity contribution in [3.05, 3.63) is 71.8 Å². The second kappa shape index (κ2) is 23.5. The summed E-state index contributed by atoms with van der Waals surface area (Å²) >= 11 is 0. The molecule has 0 saturated heterocycles. The third-order valence-electron chi connectivity index (χ3n) is 10.3. The molecule has 0 spiro atoms. The molecule has 0 unspecified atom stereocenters. The summed E-state index contributed by atoms with van der Waals surface area (Å²) in [4.78, 5) is 24.7. The predicted molar refractivity (Wildman–Crippen MR) is 209 cm³/mol. The van der Waals surface area contributed by atoms with Crippen molar-refractivity contribution in [2.45, 2.75) is 143 Å². The Kier molecular flexibility index (Phi) is 20.3. The second-order valence-electron chi connectivity index (χ2n) is 14.3. The van der Waals surface area contributed by atoms with E-state index in [1.807, 2.05) is 55.5 Å². The van der Waals surface area contributed by atoms with Gasteiger partial charge in [0.05, 0.1) is 45.6 Å². The summed E-state index contributed by atoms with van der Waals surface area (Å²) in [5.41, 5.74) is 3.05. The zero-order valence-electron chi connectivity index (χ0n) is 33.3. The number of carbonyl (C=O) groups is 2. The van der Waals surface area contributed by atoms with Crippen LogP contribution in [0.1, 0.15) is 98.1 Å². The minimum atomic E-state index is -2.06. The summed E-state index contributed by atoms with van der Waals surface area (Å²) in [7, 11) is 1.21. The Labute approximate surface area is 314 Å². The number of ether oxygens (including phenoxy) is 5. The molecule has 0 radical (unpaired) electrons. The molecule has 0 aliphatic carbocycles. The summed E-state index contributed by atoms with van der Waals surface area (Å²) in [5, 5.41) is 10.0. The first-order valence-corrected chi connectivity index (χ1v) is 21.5. The molecule has 0 heterocycles. The zero-order chi connectivity index (χ0) is 38.7. The van der Waals surface area contributed by atoms with Crippen LogP contribution in [0.5, 0.6) is 11.5 Å². The lowest BCUT2D eigenvalue weighted by atomic mass is 9.88. The Morgan fingerprint density at radius 3 is 1.67 bits per heavy atom. The molecule has 0 bridgehead atoms. The smallest absolute Gasteiger partial charge is 0.308 e. The second-order valence-corrected chi connectivity index (χ2v) is 19.0. The summed E-state index contributed by atoms with van der Waals surface area (Å²) < 4.78 is 36.5. The monoisotopic (exact) mass is 742 g/mol. The van der Waals surface area contributed by atoms with E-state index in [0.717, 1.165) is 59.2 Å². The molecule has 10 heteroatoms. The maximum absolute atomic E-state index is 12.5. The van der Waals surface area contributed by atoms with E-state index in [-0.39, 0.29) is 24.1 Å². The number of methoxy groups -OCH3 is 2. The van der Waals surface area contributed by atoms with Crippen molar-refractivity contribution < 1.29 is 42.8 Å². The fourth-order valence-corrected chi connectivity index (χ4v) is 9.59. The Hall–Kier alpha value is -3.18. The van der Waals surface area contributed by atoms with E-state index in [1.54, 1.807) is 21.1 Å². The van der Waals surface area contributed by atoms with E-state index >= 15 is 0 Å². The number of esters is 1. The van der Waals surface area contributed by atoms with Gasteiger partial charge in [0.1, 0.15) is 17.6 Å². The Bertz CT molecular complexity index is 1320. The highest BCUT2D eigenvalue weighted by molar-refractivity contribution is 6.73. The number of allylic oxidation sites excluding steroid dienone is 1. The Morgan fingerprint density at radius 2 is 1.23 bits per heavy atom. The van der Waals surface area contributed by atoms with Crippen LogP contribution < -0.4 is 9.47 Å². The maximum atomic E-state index is 12.5. The molecule has 1 N–H and O–H groups in total. The average Bonchev–Trinajstić information content (AvgIpc) is 3.13. The van der Waals surface area contributed by atoms with Gasteiger partial charge < -0.3 is 33.2 Å². The lowest BCUT2D eigenvalue weighted by Gasteiger charge is -2.36. The highest BCUT2D eigenvalue weighted by atomic mass is 28.4. The van der Waals surface area contributed by atoms with E-state index < -0.39 is 32.4 Å². The van der Waals surface area contributed by atoms with E-state index in [0.29, 0.717) is 38.9 Å². The van der Waals surface area contributed by atoms with E-state index in [9.17, 15) is 14.7 Å². The lowest BCUT2D eigenvalue weighted by molar-refractivity contribution is -0.150. The summed E-state index contributed by atoms with van der Waals surface area (Å²) in [5.74, 6) is -0.454. The van der Waals surface area contributed by atoms with Crippen molar-refractivity contribution in [1.29, 1.82) is 0 Å². The topological polar surface area (TPSA) is 110 Å². The Balaban J connectivity index is 2.30. The molecule has 2 rings (SSSR count). The van der Waals surface area contributed by atoms with Gasteiger partial charge in [-0.1, -0.05) is 57.5 Å². The lowest BCUT2D eigenvalue weighted by Crippen LogP contribution is -2.42. The van der Waals surface area contributed by atoms with Crippen LogP contribution >= 0.6 is 0 Å². The zero-order valence-corrected chi connectivity index (χ0v) is 34.3. The van der Waals surface area contributed by atoms with Crippen molar-refractivity contribution in [2.24, 2.45) is 11.8 Å². The average molecular weight is 743 g/mol. The van der Waals surface area contributed by atoms with Crippen molar-refractivity contribution in [3.8, 4) is 11.5 Å². The van der Waals surface area contributed by atoms with Gasteiger partial charge in [-0.25, -0.2) is 0 Å². The highest BCUT2D eigenvalue weighted by Gasteiger charge is 2.36. The molecule has 0 saturated carbocycles. The molecule has 6 atom stereocenters. The molecule has 52 heavy (non-hydrogen) atoms. The van der Waals surface area contributed by atoms with Crippen LogP contribution in [0.3, 0.4) is 0 Å². The van der Waals surface area contributed by atoms with Crippen LogP contribution in [-0.2, 0) is 41.4 Å². The molecule has 292 valence electrons. The molecule has 9 nitrogen and oxygen atoms in total. The number of rotatable bonds is 27. The summed E-state index contributed by atoms with van der Waals surface area (Å²) in [6, 6.07) is 18.4. The van der Waals surface area contributed by atoms with E-state index in [1.165, 1.54) is 6.92 Å². The Morgan fingerprint density at radius 1 is 0.731 bits per heavy atom. The van der Waals surface area contributed by atoms with Crippen molar-refractivity contribution in [3.63, 3.8) is 0 Å². The SMILES string of the molecule is C=C(C)CC[C@@H](C[C@@H](C[C@H](CC[C@@H](C)[C@H](OCc1ccc(OC)cc1)[C@H](C)C(=O)O)O[Si](CC)(CC)CC)OC(C)=O)OCc1ccc(OC)cc1. The predicted octanol–water partition coefficient (Wildman–Crippen LogP) is 9.77. The number of carboxylic acids is 1. The first-order chi connectivity index (χ1) is 24.8. The first-order valence-electron chi connectivity index (χ1n) is 19.0. The van der Waals surface area contributed by atoms with Gasteiger partial charge in [-0.05, 0) is 99.0 Å². The van der Waals surface area contributed by atoms with Crippen LogP contribution in [0, 0.1) is 11.8 Å². The number of carboxylic acid groups (broad SMARTS) is 1. The highest BCUT2D eigenvalue weighted by Crippen LogP contribution is 2.31. The van der Waals surface area contributed by atoms with Gasteiger partial charge in [-0.3, -0.25) is 9.59 Å². The van der Waals surface area contributed by atoms with Crippen molar-refractivity contribution in [2.75, 3.05) is 14.2 Å². The molecule has 2 aromatic rings. The molecular weight excluding hydrogens is 677 g/mol. The molecule has 0 fully saturated rings. The van der Waals surface area contributed by atoms with Gasteiger partial charge in [-0.2, -0.15) is 0 Å². The molecular formula is C42H66O9Si. The quantitative estimate of drug-likeness (QED) is 0.0544. The molecule has 0 aliphatic heterocycles. The normalized spacial score (nSPS) is 15.2. The number of benzene rings is 2. The fraction of sp³-hybridized carbons (Fsp3) is 0.619. The number of carbonyl (C=O) groups excluding carboxylic acids is 1. The largest absolute Gasteiger partial charge is 0.497 e. The minimum absolute atomic E-state index is 0.0697. The van der Waals surface area contributed by atoms with Crippen molar-refractivity contribution in [1.82, 2.24) is 0 Å². The number of hydrogen-bond donors (Lipinski definition) is 1. The fourth-order valence-electron chi connectivity index (χ4n) is 6.67. The minimum Gasteiger partial charge on any atom is -0.497 e. The van der Waals surface area contributed by atoms with E-state index in [4.69, 9.17) is 28.1 Å². The van der Waals surface area contributed by atoms with Gasteiger partial charge in [-0.15, -0.1) is 6.58 Å². The van der Waals surface area contributed by atoms with Crippen LogP contribution in [-0.4, -0.2) is 64.0 Å². The van der Waals surface area contributed by atoms with Crippen molar-refractivity contribution >= 4 is 20.3 Å². The molecule has 0 amide bonds. The van der Waals surface area contributed by atoms with Crippen LogP contribution in [0.4, 0.5) is 0 Å². The van der Waals surface area contributed by atoms with Gasteiger partial charge in [0.15, 0.2) is 8.32 Å². The number of hydrogen-bond acceptors (Lipinski definition) is 8. The summed E-state index contributed by atoms with van der Waals surface area (Å²) in [6.07, 6.45) is 2.73.